The Hall–Kier alpha value is -4.67. The number of aromatic nitrogens is 1. The molecule has 5 aromatic rings. The van der Waals surface area contributed by atoms with Crippen molar-refractivity contribution >= 4 is 39.1 Å². The minimum Gasteiger partial charge on any atom is -0.477 e. The van der Waals surface area contributed by atoms with Crippen LogP contribution in [0.15, 0.2) is 77.6 Å². The van der Waals surface area contributed by atoms with Crippen molar-refractivity contribution in [1.82, 2.24) is 9.47 Å². The number of rotatable bonds is 10. The molecule has 0 bridgehead atoms. The topological polar surface area (TPSA) is 91.6 Å². The Labute approximate surface area is 263 Å². The summed E-state index contributed by atoms with van der Waals surface area (Å²) in [5.41, 5.74) is 1.81. The zero-order valence-corrected chi connectivity index (χ0v) is 26.2. The number of benzene rings is 3. The number of carboxylic acid groups (broad SMARTS) is 1. The third-order valence-corrected chi connectivity index (χ3v) is 9.01. The molecule has 0 aliphatic carbocycles. The molecule has 0 unspecified atom stereocenters. The smallest absolute Gasteiger partial charge is 0.341 e. The Morgan fingerprint density at radius 2 is 1.58 bits per heavy atom. The number of nitrogens with one attached hydrogen (secondary N) is 1. The summed E-state index contributed by atoms with van der Waals surface area (Å²) >= 11 is 1.27. The minimum atomic E-state index is -1.41. The van der Waals surface area contributed by atoms with E-state index in [-0.39, 0.29) is 35.0 Å². The first kappa shape index (κ1) is 31.7. The summed E-state index contributed by atoms with van der Waals surface area (Å²) in [6.07, 6.45) is 0. The van der Waals surface area contributed by atoms with E-state index in [1.54, 1.807) is 26.0 Å². The van der Waals surface area contributed by atoms with Gasteiger partial charge in [-0.1, -0.05) is 62.4 Å². The Kier molecular flexibility index (Phi) is 9.27. The molecule has 3 aromatic carbocycles. The summed E-state index contributed by atoms with van der Waals surface area (Å²) in [5, 5.41) is 13.2. The minimum absolute atomic E-state index is 0.103. The van der Waals surface area contributed by atoms with Crippen molar-refractivity contribution in [2.45, 2.75) is 40.4 Å². The number of halogens is 2. The average Bonchev–Trinajstić information content (AvgIpc) is 3.36. The molecule has 1 amide bonds. The second-order valence-electron chi connectivity index (χ2n) is 11.4. The molecule has 0 spiro atoms. The van der Waals surface area contributed by atoms with Crippen LogP contribution >= 0.6 is 11.3 Å². The van der Waals surface area contributed by atoms with Crippen molar-refractivity contribution < 1.29 is 23.5 Å². The molecule has 0 atom stereocenters. The van der Waals surface area contributed by atoms with E-state index in [0.717, 1.165) is 23.3 Å². The van der Waals surface area contributed by atoms with Gasteiger partial charge in [-0.25, -0.2) is 13.6 Å². The van der Waals surface area contributed by atoms with Crippen molar-refractivity contribution in [3.05, 3.63) is 123 Å². The van der Waals surface area contributed by atoms with Gasteiger partial charge in [0.2, 0.25) is 11.3 Å². The second-order valence-corrected chi connectivity index (χ2v) is 12.3. The van der Waals surface area contributed by atoms with Gasteiger partial charge in [-0.15, -0.1) is 11.3 Å². The third kappa shape index (κ3) is 6.57. The number of amides is 1. The first-order valence-electron chi connectivity index (χ1n) is 14.4. The molecule has 2 heterocycles. The van der Waals surface area contributed by atoms with Crippen LogP contribution in [0.3, 0.4) is 0 Å². The number of aromatic carboxylic acids is 1. The molecule has 2 aromatic heterocycles. The van der Waals surface area contributed by atoms with Crippen molar-refractivity contribution in [3.63, 3.8) is 0 Å². The molecular weight excluding hydrogens is 596 g/mol. The molecule has 232 valence electrons. The number of carbonyl (C=O) groups excluding carboxylic acids is 1. The highest BCUT2D eigenvalue weighted by Gasteiger charge is 2.27. The Balaban J connectivity index is 1.73. The molecule has 7 nitrogen and oxygen atoms in total. The summed E-state index contributed by atoms with van der Waals surface area (Å²) in [7, 11) is 1.91. The summed E-state index contributed by atoms with van der Waals surface area (Å²) in [4.78, 5) is 41.8. The maximum Gasteiger partial charge on any atom is 0.341 e. The first-order chi connectivity index (χ1) is 21.5. The lowest BCUT2D eigenvalue weighted by Gasteiger charge is -2.19. The summed E-state index contributed by atoms with van der Waals surface area (Å²) in [5.74, 6) is -3.27. The Morgan fingerprint density at radius 1 is 0.933 bits per heavy atom. The molecule has 2 N–H and O–H groups in total. The summed E-state index contributed by atoms with van der Waals surface area (Å²) < 4.78 is 31.2. The van der Waals surface area contributed by atoms with Gasteiger partial charge in [0.15, 0.2) is 0 Å². The first-order valence-corrected chi connectivity index (χ1v) is 15.3. The molecule has 0 radical (unpaired) electrons. The highest BCUT2D eigenvalue weighted by molar-refractivity contribution is 7.22. The van der Waals surface area contributed by atoms with Gasteiger partial charge >= 0.3 is 5.97 Å². The van der Waals surface area contributed by atoms with E-state index in [1.807, 2.05) is 54.4 Å². The quantitative estimate of drug-likeness (QED) is 0.169. The van der Waals surface area contributed by atoms with Gasteiger partial charge < -0.3 is 15.0 Å². The number of fused-ring (bicyclic) bond motifs is 1. The standard InChI is InChI=1S/C35H33F2N3O4S/c1-20(2)33(42)38-24-15-13-23(14-16-24)32-26(18-39(4)17-22-9-6-5-7-10-22)30-31(41)29(35(43)44)21(3)40(34(30)45-32)19-25-27(36)11-8-12-28(25)37/h5-16,20H,17-19H2,1-4H3,(H,38,42)(H,43,44). The molecule has 0 aliphatic heterocycles. The molecule has 0 saturated heterocycles. The fraction of sp³-hybridized carbons (Fsp3) is 0.229. The molecule has 0 aliphatic rings. The van der Waals surface area contributed by atoms with Gasteiger partial charge in [-0.2, -0.15) is 0 Å². The Bertz CT molecular complexity index is 1930. The highest BCUT2D eigenvalue weighted by atomic mass is 32.1. The normalized spacial score (nSPS) is 11.5. The maximum atomic E-state index is 14.8. The van der Waals surface area contributed by atoms with Crippen molar-refractivity contribution in [2.24, 2.45) is 5.92 Å². The van der Waals surface area contributed by atoms with Crippen LogP contribution in [-0.2, 0) is 24.4 Å². The van der Waals surface area contributed by atoms with E-state index < -0.39 is 28.6 Å². The number of nitrogens with zero attached hydrogens (tertiary/aromatic N) is 2. The van der Waals surface area contributed by atoms with Gasteiger partial charge in [0.1, 0.15) is 22.0 Å². The second kappa shape index (κ2) is 13.1. The van der Waals surface area contributed by atoms with E-state index >= 15 is 0 Å². The SMILES string of the molecule is Cc1c(C(=O)O)c(=O)c2c(CN(C)Cc3ccccc3)c(-c3ccc(NC(=O)C(C)C)cc3)sc2n1Cc1c(F)cccc1F. The lowest BCUT2D eigenvalue weighted by atomic mass is 10.0. The van der Waals surface area contributed by atoms with Crippen molar-refractivity contribution in [1.29, 1.82) is 0 Å². The number of thiophene rings is 1. The summed E-state index contributed by atoms with van der Waals surface area (Å²) in [6.45, 7) is 5.63. The molecular formula is C35H33F2N3O4S. The van der Waals surface area contributed by atoms with Gasteiger partial charge in [-0.05, 0) is 54.9 Å². The van der Waals surface area contributed by atoms with Crippen LogP contribution in [0.1, 0.15) is 46.6 Å². The van der Waals surface area contributed by atoms with Crippen LogP contribution in [0, 0.1) is 24.5 Å². The van der Waals surface area contributed by atoms with Gasteiger partial charge in [0.25, 0.3) is 0 Å². The number of carboxylic acids is 1. The molecule has 5 rings (SSSR count). The van der Waals surface area contributed by atoms with Crippen LogP contribution in [0.25, 0.3) is 20.7 Å². The molecule has 45 heavy (non-hydrogen) atoms. The number of hydrogen-bond acceptors (Lipinski definition) is 5. The zero-order valence-electron chi connectivity index (χ0n) is 25.4. The van der Waals surface area contributed by atoms with Crippen molar-refractivity contribution in [2.75, 3.05) is 12.4 Å². The average molecular weight is 630 g/mol. The predicted octanol–water partition coefficient (Wildman–Crippen LogP) is 7.29. The van der Waals surface area contributed by atoms with E-state index in [4.69, 9.17) is 0 Å². The van der Waals surface area contributed by atoms with Crippen LogP contribution in [0.5, 0.6) is 0 Å². The van der Waals surface area contributed by atoms with Crippen LogP contribution in [0.2, 0.25) is 0 Å². The largest absolute Gasteiger partial charge is 0.477 e. The zero-order chi connectivity index (χ0) is 32.4. The fourth-order valence-corrected chi connectivity index (χ4v) is 6.70. The number of anilines is 1. The number of pyridine rings is 1. The van der Waals surface area contributed by atoms with Crippen LogP contribution in [0.4, 0.5) is 14.5 Å². The highest BCUT2D eigenvalue weighted by Crippen LogP contribution is 2.40. The predicted molar refractivity (Wildman–Crippen MR) is 174 cm³/mol. The van der Waals surface area contributed by atoms with E-state index in [1.165, 1.54) is 28.9 Å². The van der Waals surface area contributed by atoms with E-state index in [2.05, 4.69) is 5.32 Å². The monoisotopic (exact) mass is 629 g/mol. The van der Waals surface area contributed by atoms with Gasteiger partial charge in [-0.3, -0.25) is 14.5 Å². The number of hydrogen-bond donors (Lipinski definition) is 2. The Morgan fingerprint density at radius 3 is 2.18 bits per heavy atom. The van der Waals surface area contributed by atoms with Crippen LogP contribution < -0.4 is 10.7 Å². The van der Waals surface area contributed by atoms with Crippen LogP contribution in [-0.4, -0.2) is 33.5 Å². The molecule has 0 fully saturated rings. The lowest BCUT2D eigenvalue weighted by Crippen LogP contribution is -2.24. The molecule has 0 saturated carbocycles. The number of carbonyl (C=O) groups is 2. The van der Waals surface area contributed by atoms with Crippen molar-refractivity contribution in [3.8, 4) is 10.4 Å². The van der Waals surface area contributed by atoms with E-state index in [0.29, 0.717) is 34.0 Å². The third-order valence-electron chi connectivity index (χ3n) is 7.71. The fourth-order valence-electron chi connectivity index (χ4n) is 5.33. The molecule has 10 heteroatoms. The van der Waals surface area contributed by atoms with E-state index in [9.17, 15) is 28.3 Å². The lowest BCUT2D eigenvalue weighted by molar-refractivity contribution is -0.118. The van der Waals surface area contributed by atoms with Gasteiger partial charge in [0.05, 0.1) is 11.9 Å². The van der Waals surface area contributed by atoms with Gasteiger partial charge in [0, 0.05) is 40.8 Å². The summed E-state index contributed by atoms with van der Waals surface area (Å²) in [6, 6.07) is 20.6. The maximum absolute atomic E-state index is 14.8.